The van der Waals surface area contributed by atoms with Gasteiger partial charge in [0.15, 0.2) is 0 Å². The minimum Gasteiger partial charge on any atom is -0.302 e. The highest BCUT2D eigenvalue weighted by Crippen LogP contribution is 1.92. The summed E-state index contributed by atoms with van der Waals surface area (Å²) in [4.78, 5) is 9.74. The molecular formula is C5H7NO. The maximum absolute atomic E-state index is 9.74. The van der Waals surface area contributed by atoms with Gasteiger partial charge >= 0.3 is 0 Å². The number of rotatable bonds is 2. The van der Waals surface area contributed by atoms with E-state index >= 15 is 0 Å². The van der Waals surface area contributed by atoms with Gasteiger partial charge in [0.2, 0.25) is 0 Å². The predicted molar refractivity (Wildman–Crippen MR) is 25.5 cm³/mol. The van der Waals surface area contributed by atoms with E-state index in [-0.39, 0.29) is 5.92 Å². The van der Waals surface area contributed by atoms with Gasteiger partial charge in [-0.3, -0.25) is 0 Å². The summed E-state index contributed by atoms with van der Waals surface area (Å²) in [5, 5.41) is 8.04. The Bertz CT molecular complexity index is 92.7. The lowest BCUT2D eigenvalue weighted by atomic mass is 10.1. The fraction of sp³-hybridized carbons (Fsp3) is 0.600. The van der Waals surface area contributed by atoms with Gasteiger partial charge in [0.05, 0.1) is 6.07 Å². The number of hydrogen-bond donors (Lipinski definition) is 0. The molecule has 0 rings (SSSR count). The van der Waals surface area contributed by atoms with E-state index < -0.39 is 0 Å². The molecule has 0 spiro atoms. The van der Waals surface area contributed by atoms with Crippen molar-refractivity contribution >= 4 is 6.29 Å². The van der Waals surface area contributed by atoms with Gasteiger partial charge in [-0.25, -0.2) is 0 Å². The van der Waals surface area contributed by atoms with Crippen molar-refractivity contribution in [3.05, 3.63) is 0 Å². The smallest absolute Gasteiger partial charge is 0.137 e. The van der Waals surface area contributed by atoms with Crippen LogP contribution < -0.4 is 0 Å². The van der Waals surface area contributed by atoms with Crippen LogP contribution in [0.5, 0.6) is 0 Å². The minimum absolute atomic E-state index is 0.389. The lowest BCUT2D eigenvalue weighted by molar-refractivity contribution is -0.109. The highest BCUT2D eigenvalue weighted by Gasteiger charge is 1.97. The molecule has 0 aliphatic carbocycles. The van der Waals surface area contributed by atoms with E-state index in [4.69, 9.17) is 5.26 Å². The third-order valence-electron chi connectivity index (χ3n) is 0.770. The number of aldehydes is 1. The molecule has 0 bridgehead atoms. The highest BCUT2D eigenvalue weighted by molar-refractivity contribution is 5.57. The second-order valence-corrected chi connectivity index (χ2v) is 1.28. The van der Waals surface area contributed by atoms with E-state index in [9.17, 15) is 4.79 Å². The summed E-state index contributed by atoms with van der Waals surface area (Å²) >= 11 is 0. The van der Waals surface area contributed by atoms with Crippen molar-refractivity contribution < 1.29 is 4.79 Å². The van der Waals surface area contributed by atoms with E-state index in [2.05, 4.69) is 0 Å². The molecule has 0 aliphatic rings. The number of nitrogens with zero attached hydrogens (tertiary/aromatic N) is 1. The zero-order valence-electron chi connectivity index (χ0n) is 4.22. The third-order valence-corrected chi connectivity index (χ3v) is 0.770. The maximum atomic E-state index is 9.74. The van der Waals surface area contributed by atoms with Gasteiger partial charge in [-0.15, -0.1) is 0 Å². The van der Waals surface area contributed by atoms with Crippen molar-refractivity contribution in [1.82, 2.24) is 0 Å². The molecule has 0 radical (unpaired) electrons. The average Bonchev–Trinajstić information content (AvgIpc) is 1.72. The molecule has 0 amide bonds. The summed E-state index contributed by atoms with van der Waals surface area (Å²) in [5.41, 5.74) is 0. The highest BCUT2D eigenvalue weighted by atomic mass is 16.1. The van der Waals surface area contributed by atoms with E-state index in [1.165, 1.54) is 0 Å². The van der Waals surface area contributed by atoms with Crippen LogP contribution in [0.3, 0.4) is 0 Å². The molecule has 2 nitrogen and oxygen atoms in total. The van der Waals surface area contributed by atoms with Crippen LogP contribution in [-0.2, 0) is 4.79 Å². The Morgan fingerprint density at radius 3 is 2.57 bits per heavy atom. The summed E-state index contributed by atoms with van der Waals surface area (Å²) in [5.74, 6) is -0.389. The Morgan fingerprint density at radius 1 is 2.00 bits per heavy atom. The topological polar surface area (TPSA) is 40.9 Å². The first kappa shape index (κ1) is 6.16. The molecule has 1 atom stereocenters. The summed E-state index contributed by atoms with van der Waals surface area (Å²) in [6.45, 7) is 1.81. The molecule has 38 valence electrons. The zero-order valence-corrected chi connectivity index (χ0v) is 4.22. The molecule has 0 aromatic carbocycles. The van der Waals surface area contributed by atoms with Crippen LogP contribution in [0.2, 0.25) is 0 Å². The molecule has 0 N–H and O–H groups in total. The van der Waals surface area contributed by atoms with Crippen molar-refractivity contribution in [1.29, 1.82) is 5.26 Å². The Morgan fingerprint density at radius 2 is 2.57 bits per heavy atom. The standard InChI is InChI=1S/C5H7NO/c1-2-5(3-6)4-7/h4-5H,2H2,1H3/t5-/m1/s1. The van der Waals surface area contributed by atoms with Crippen LogP contribution in [0.25, 0.3) is 0 Å². The monoisotopic (exact) mass is 97.1 g/mol. The van der Waals surface area contributed by atoms with Crippen molar-refractivity contribution in [3.63, 3.8) is 0 Å². The molecule has 0 aliphatic heterocycles. The molecule has 0 unspecified atom stereocenters. The van der Waals surface area contributed by atoms with Crippen LogP contribution in [0.1, 0.15) is 13.3 Å². The quantitative estimate of drug-likeness (QED) is 0.477. The van der Waals surface area contributed by atoms with Crippen LogP contribution in [-0.4, -0.2) is 6.29 Å². The van der Waals surface area contributed by atoms with Gasteiger partial charge in [0.1, 0.15) is 12.2 Å². The fourth-order valence-corrected chi connectivity index (χ4v) is 0.218. The number of hydrogen-bond acceptors (Lipinski definition) is 2. The first-order valence-corrected chi connectivity index (χ1v) is 2.20. The number of nitriles is 1. The molecule has 0 aromatic heterocycles. The van der Waals surface area contributed by atoms with Gasteiger partial charge in [0.25, 0.3) is 0 Å². The predicted octanol–water partition coefficient (Wildman–Crippen LogP) is 0.735. The largest absolute Gasteiger partial charge is 0.302 e. The number of carbonyl (C=O) groups excluding carboxylic acids is 1. The molecule has 7 heavy (non-hydrogen) atoms. The van der Waals surface area contributed by atoms with Crippen LogP contribution >= 0.6 is 0 Å². The number of carbonyl (C=O) groups is 1. The van der Waals surface area contributed by atoms with Crippen molar-refractivity contribution in [2.75, 3.05) is 0 Å². The Hall–Kier alpha value is -0.840. The van der Waals surface area contributed by atoms with Gasteiger partial charge < -0.3 is 4.79 Å². The summed E-state index contributed by atoms with van der Waals surface area (Å²) in [7, 11) is 0. The summed E-state index contributed by atoms with van der Waals surface area (Å²) in [6, 6.07) is 1.83. The van der Waals surface area contributed by atoms with Gasteiger partial charge in [0, 0.05) is 0 Å². The van der Waals surface area contributed by atoms with Crippen LogP contribution in [0, 0.1) is 17.2 Å². The molecule has 0 fully saturated rings. The molecule has 0 heterocycles. The Labute approximate surface area is 42.8 Å². The zero-order chi connectivity index (χ0) is 5.70. The molecular weight excluding hydrogens is 90.1 g/mol. The van der Waals surface area contributed by atoms with E-state index in [1.807, 2.05) is 13.0 Å². The SMILES string of the molecule is CC[C@H](C#N)C=O. The summed E-state index contributed by atoms with van der Waals surface area (Å²) in [6.07, 6.45) is 1.29. The van der Waals surface area contributed by atoms with Crippen LogP contribution in [0.4, 0.5) is 0 Å². The minimum atomic E-state index is -0.389. The van der Waals surface area contributed by atoms with Gasteiger partial charge in [-0.05, 0) is 6.42 Å². The summed E-state index contributed by atoms with van der Waals surface area (Å²) < 4.78 is 0. The van der Waals surface area contributed by atoms with Crippen molar-refractivity contribution in [2.45, 2.75) is 13.3 Å². The molecule has 2 heteroatoms. The first-order valence-electron chi connectivity index (χ1n) is 2.20. The lowest BCUT2D eigenvalue weighted by Gasteiger charge is -1.86. The Balaban J connectivity index is 3.43. The van der Waals surface area contributed by atoms with Gasteiger partial charge in [-0.2, -0.15) is 5.26 Å². The van der Waals surface area contributed by atoms with E-state index in [0.29, 0.717) is 12.7 Å². The van der Waals surface area contributed by atoms with Crippen LogP contribution in [0.15, 0.2) is 0 Å². The van der Waals surface area contributed by atoms with Crippen molar-refractivity contribution in [2.24, 2.45) is 5.92 Å². The molecule has 0 aromatic rings. The second-order valence-electron chi connectivity index (χ2n) is 1.28. The third kappa shape index (κ3) is 1.94. The fourth-order valence-electron chi connectivity index (χ4n) is 0.218. The van der Waals surface area contributed by atoms with Gasteiger partial charge in [-0.1, -0.05) is 6.92 Å². The van der Waals surface area contributed by atoms with E-state index in [0.717, 1.165) is 0 Å². The lowest BCUT2D eigenvalue weighted by Crippen LogP contribution is -1.93. The molecule has 0 saturated carbocycles. The van der Waals surface area contributed by atoms with Crippen molar-refractivity contribution in [3.8, 4) is 6.07 Å². The molecule has 0 saturated heterocycles. The maximum Gasteiger partial charge on any atom is 0.137 e. The normalized spacial score (nSPS) is 12.0. The second kappa shape index (κ2) is 3.35. The average molecular weight is 97.1 g/mol. The van der Waals surface area contributed by atoms with E-state index in [1.54, 1.807) is 0 Å². The Kier molecular flexibility index (Phi) is 2.95. The first-order chi connectivity index (χ1) is 3.35.